The lowest BCUT2D eigenvalue weighted by Crippen LogP contribution is -2.28. The molecule has 1 fully saturated rings. The molecule has 16 heavy (non-hydrogen) atoms. The third-order valence-electron chi connectivity index (χ3n) is 4.11. The van der Waals surface area contributed by atoms with Gasteiger partial charge in [0, 0.05) is 6.61 Å². The zero-order valence-corrected chi connectivity index (χ0v) is 10.7. The van der Waals surface area contributed by atoms with Crippen molar-refractivity contribution in [2.75, 3.05) is 6.61 Å². The summed E-state index contributed by atoms with van der Waals surface area (Å²) in [5.41, 5.74) is 0. The van der Waals surface area contributed by atoms with Gasteiger partial charge < -0.3 is 10.2 Å². The predicted molar refractivity (Wildman–Crippen MR) is 67.3 cm³/mol. The van der Waals surface area contributed by atoms with Crippen molar-refractivity contribution in [1.82, 2.24) is 0 Å². The molecule has 2 nitrogen and oxygen atoms in total. The highest BCUT2D eigenvalue weighted by atomic mass is 16.3. The lowest BCUT2D eigenvalue weighted by atomic mass is 9.76. The summed E-state index contributed by atoms with van der Waals surface area (Å²) in [6, 6.07) is 0. The third kappa shape index (κ3) is 4.84. The van der Waals surface area contributed by atoms with Crippen LogP contribution in [-0.2, 0) is 0 Å². The third-order valence-corrected chi connectivity index (χ3v) is 4.11. The van der Waals surface area contributed by atoms with Gasteiger partial charge in [-0.15, -0.1) is 0 Å². The van der Waals surface area contributed by atoms with E-state index in [1.807, 2.05) is 0 Å². The summed E-state index contributed by atoms with van der Waals surface area (Å²) in [5, 5.41) is 18.6. The van der Waals surface area contributed by atoms with Crippen LogP contribution in [0.2, 0.25) is 0 Å². The van der Waals surface area contributed by atoms with Gasteiger partial charge in [0.1, 0.15) is 0 Å². The number of rotatable bonds is 7. The minimum atomic E-state index is -0.0411. The van der Waals surface area contributed by atoms with Crippen molar-refractivity contribution in [3.05, 3.63) is 0 Å². The van der Waals surface area contributed by atoms with Crippen LogP contribution in [0.25, 0.3) is 0 Å². The Morgan fingerprint density at radius 1 is 1.06 bits per heavy atom. The van der Waals surface area contributed by atoms with Crippen molar-refractivity contribution < 1.29 is 10.2 Å². The highest BCUT2D eigenvalue weighted by Crippen LogP contribution is 2.34. The van der Waals surface area contributed by atoms with Crippen LogP contribution in [0.15, 0.2) is 0 Å². The summed E-state index contributed by atoms with van der Waals surface area (Å²) in [6.45, 7) is 2.59. The smallest absolute Gasteiger partial charge is 0.0568 e. The Kier molecular flexibility index (Phi) is 7.06. The molecule has 0 aromatic rings. The zero-order chi connectivity index (χ0) is 11.8. The molecule has 0 aliphatic heterocycles. The van der Waals surface area contributed by atoms with E-state index in [0.717, 1.165) is 25.2 Å². The summed E-state index contributed by atoms with van der Waals surface area (Å²) >= 11 is 0. The van der Waals surface area contributed by atoms with Gasteiger partial charge in [-0.25, -0.2) is 0 Å². The van der Waals surface area contributed by atoms with E-state index in [2.05, 4.69) is 6.92 Å². The molecule has 1 saturated carbocycles. The van der Waals surface area contributed by atoms with Crippen molar-refractivity contribution in [2.45, 2.75) is 70.8 Å². The molecular weight excluding hydrogens is 200 g/mol. The lowest BCUT2D eigenvalue weighted by molar-refractivity contribution is 0.0417. The van der Waals surface area contributed by atoms with E-state index in [1.165, 1.54) is 38.5 Å². The summed E-state index contributed by atoms with van der Waals surface area (Å²) in [5.74, 6) is 1.40. The highest BCUT2D eigenvalue weighted by Gasteiger charge is 2.27. The molecule has 1 rings (SSSR count). The summed E-state index contributed by atoms with van der Waals surface area (Å²) in [7, 11) is 0. The summed E-state index contributed by atoms with van der Waals surface area (Å²) in [4.78, 5) is 0. The first-order valence-electron chi connectivity index (χ1n) is 7.06. The van der Waals surface area contributed by atoms with Gasteiger partial charge in [-0.05, 0) is 43.9 Å². The quantitative estimate of drug-likeness (QED) is 0.657. The van der Waals surface area contributed by atoms with E-state index in [1.54, 1.807) is 0 Å². The summed E-state index contributed by atoms with van der Waals surface area (Å²) in [6.07, 6.45) is 10.4. The number of aliphatic hydroxyl groups is 2. The van der Waals surface area contributed by atoms with E-state index >= 15 is 0 Å². The molecule has 0 aromatic carbocycles. The van der Waals surface area contributed by atoms with Crippen LogP contribution in [-0.4, -0.2) is 22.9 Å². The lowest BCUT2D eigenvalue weighted by Gasteiger charge is -2.33. The van der Waals surface area contributed by atoms with Crippen molar-refractivity contribution in [1.29, 1.82) is 0 Å². The first-order chi connectivity index (χ1) is 7.77. The fourth-order valence-electron chi connectivity index (χ4n) is 2.90. The highest BCUT2D eigenvalue weighted by molar-refractivity contribution is 4.79. The molecule has 2 heteroatoms. The maximum absolute atomic E-state index is 9.94. The van der Waals surface area contributed by atoms with Gasteiger partial charge in [0.25, 0.3) is 0 Å². The van der Waals surface area contributed by atoms with Crippen LogP contribution in [0.1, 0.15) is 64.7 Å². The topological polar surface area (TPSA) is 40.5 Å². The molecule has 0 bridgehead atoms. The molecule has 2 N–H and O–H groups in total. The molecule has 3 unspecified atom stereocenters. The van der Waals surface area contributed by atoms with Crippen LogP contribution < -0.4 is 0 Å². The van der Waals surface area contributed by atoms with Crippen LogP contribution in [0.4, 0.5) is 0 Å². The maximum atomic E-state index is 9.94. The monoisotopic (exact) mass is 228 g/mol. The zero-order valence-electron chi connectivity index (χ0n) is 10.7. The number of hydrogen-bond acceptors (Lipinski definition) is 2. The van der Waals surface area contributed by atoms with Gasteiger partial charge >= 0.3 is 0 Å². The molecule has 0 amide bonds. The molecule has 0 heterocycles. The molecule has 3 atom stereocenters. The van der Waals surface area contributed by atoms with Gasteiger partial charge in [0.15, 0.2) is 0 Å². The van der Waals surface area contributed by atoms with E-state index < -0.39 is 0 Å². The predicted octanol–water partition coefficient (Wildman–Crippen LogP) is 3.12. The Balaban J connectivity index is 2.13. The first kappa shape index (κ1) is 14.0. The molecular formula is C14H28O2. The van der Waals surface area contributed by atoms with E-state index in [-0.39, 0.29) is 6.10 Å². The maximum Gasteiger partial charge on any atom is 0.0568 e. The Labute approximate surface area is 100 Å². The second kappa shape index (κ2) is 8.08. The Morgan fingerprint density at radius 3 is 2.50 bits per heavy atom. The molecule has 0 radical (unpaired) electrons. The standard InChI is InChI=1S/C14H28O2/c1-2-12-8-9-14(16)13(11-12)7-5-3-4-6-10-15/h12-16H,2-11H2,1H3. The molecule has 0 spiro atoms. The Hall–Kier alpha value is -0.0800. The van der Waals surface area contributed by atoms with Gasteiger partial charge in [-0.3, -0.25) is 0 Å². The van der Waals surface area contributed by atoms with Gasteiger partial charge in [0.2, 0.25) is 0 Å². The first-order valence-corrected chi connectivity index (χ1v) is 7.06. The largest absolute Gasteiger partial charge is 0.396 e. The average Bonchev–Trinajstić information content (AvgIpc) is 2.31. The molecule has 1 aliphatic rings. The Morgan fingerprint density at radius 2 is 1.81 bits per heavy atom. The van der Waals surface area contributed by atoms with Crippen molar-refractivity contribution in [2.24, 2.45) is 11.8 Å². The second-order valence-electron chi connectivity index (χ2n) is 5.34. The van der Waals surface area contributed by atoms with Crippen molar-refractivity contribution >= 4 is 0 Å². The molecule has 96 valence electrons. The second-order valence-corrected chi connectivity index (χ2v) is 5.34. The van der Waals surface area contributed by atoms with Crippen LogP contribution in [0, 0.1) is 11.8 Å². The molecule has 0 saturated heterocycles. The van der Waals surface area contributed by atoms with Crippen molar-refractivity contribution in [3.63, 3.8) is 0 Å². The summed E-state index contributed by atoms with van der Waals surface area (Å²) < 4.78 is 0. The number of aliphatic hydroxyl groups excluding tert-OH is 2. The van der Waals surface area contributed by atoms with Gasteiger partial charge in [-0.2, -0.15) is 0 Å². The normalized spacial score (nSPS) is 30.6. The SMILES string of the molecule is CCC1CCC(O)C(CCCCCCO)C1. The van der Waals surface area contributed by atoms with E-state index in [0.29, 0.717) is 12.5 Å². The van der Waals surface area contributed by atoms with Gasteiger partial charge in [0.05, 0.1) is 6.10 Å². The Bertz CT molecular complexity index is 170. The van der Waals surface area contributed by atoms with E-state index in [9.17, 15) is 5.11 Å². The van der Waals surface area contributed by atoms with Crippen LogP contribution in [0.5, 0.6) is 0 Å². The number of unbranched alkanes of at least 4 members (excludes halogenated alkanes) is 3. The molecule has 1 aliphatic carbocycles. The minimum Gasteiger partial charge on any atom is -0.396 e. The molecule has 0 aromatic heterocycles. The van der Waals surface area contributed by atoms with Gasteiger partial charge in [-0.1, -0.05) is 32.6 Å². The van der Waals surface area contributed by atoms with Crippen LogP contribution >= 0.6 is 0 Å². The number of hydrogen-bond donors (Lipinski definition) is 2. The van der Waals surface area contributed by atoms with E-state index in [4.69, 9.17) is 5.11 Å². The van der Waals surface area contributed by atoms with Crippen molar-refractivity contribution in [3.8, 4) is 0 Å². The average molecular weight is 228 g/mol. The fraction of sp³-hybridized carbons (Fsp3) is 1.00. The minimum absolute atomic E-state index is 0.0411. The van der Waals surface area contributed by atoms with Crippen LogP contribution in [0.3, 0.4) is 0 Å². The fourth-order valence-corrected chi connectivity index (χ4v) is 2.90.